The molecular weight excluding hydrogens is 360 g/mol. The molecule has 140 valence electrons. The predicted octanol–water partition coefficient (Wildman–Crippen LogP) is 3.83. The maximum absolute atomic E-state index is 9.12. The van der Waals surface area contributed by atoms with E-state index < -0.39 is 0 Å². The summed E-state index contributed by atoms with van der Waals surface area (Å²) in [5.74, 6) is 0.208. The van der Waals surface area contributed by atoms with Crippen LogP contribution in [0.1, 0.15) is 16.7 Å². The van der Waals surface area contributed by atoms with Crippen molar-refractivity contribution in [3.05, 3.63) is 89.0 Å². The van der Waals surface area contributed by atoms with Crippen molar-refractivity contribution in [2.75, 3.05) is 0 Å². The minimum Gasteiger partial charge on any atom is -0.286 e. The predicted molar refractivity (Wildman–Crippen MR) is 112 cm³/mol. The number of nitriles is 1. The smallest absolute Gasteiger partial charge is 0.148 e. The van der Waals surface area contributed by atoms with Crippen LogP contribution in [0.15, 0.2) is 66.9 Å². The van der Waals surface area contributed by atoms with Crippen LogP contribution in [0.4, 0.5) is 0 Å². The molecule has 0 amide bonds. The molecule has 4 rings (SSSR count). The first-order chi connectivity index (χ1) is 14.0. The Morgan fingerprint density at radius 2 is 1.97 bits per heavy atom. The molecule has 0 saturated heterocycles. The van der Waals surface area contributed by atoms with Crippen molar-refractivity contribution in [1.82, 2.24) is 14.8 Å². The first kappa shape index (κ1) is 18.3. The van der Waals surface area contributed by atoms with Crippen LogP contribution >= 0.6 is 0 Å². The molecule has 0 radical (unpaired) electrons. The highest BCUT2D eigenvalue weighted by molar-refractivity contribution is 5.86. The number of hydrogen-bond acceptors (Lipinski definition) is 5. The van der Waals surface area contributed by atoms with Crippen LogP contribution in [0.3, 0.4) is 0 Å². The molecule has 0 bridgehead atoms. The highest BCUT2D eigenvalue weighted by Crippen LogP contribution is 2.19. The second kappa shape index (κ2) is 7.49. The molecule has 0 aliphatic carbocycles. The Hall–Kier alpha value is -4.11. The summed E-state index contributed by atoms with van der Waals surface area (Å²) < 4.78 is 1.33. The summed E-state index contributed by atoms with van der Waals surface area (Å²) in [6.07, 6.45) is 2.12. The monoisotopic (exact) mass is 378 g/mol. The summed E-state index contributed by atoms with van der Waals surface area (Å²) in [7, 11) is 0. The van der Waals surface area contributed by atoms with Gasteiger partial charge in [-0.05, 0) is 60.5 Å². The quantitative estimate of drug-likeness (QED) is 0.418. The summed E-state index contributed by atoms with van der Waals surface area (Å²) in [6.45, 7) is 2.00. The Bertz CT molecular complexity index is 1340. The third kappa shape index (κ3) is 3.66. The number of hydrogen-bond donors (Lipinski definition) is 2. The molecule has 0 unspecified atom stereocenters. The number of fused-ring (bicyclic) bond motifs is 1. The molecular formula is C23H18N6. The third-order valence-corrected chi connectivity index (χ3v) is 4.80. The Kier molecular flexibility index (Phi) is 4.71. The van der Waals surface area contributed by atoms with Crippen LogP contribution < -0.4 is 5.49 Å². The highest BCUT2D eigenvalue weighted by atomic mass is 15.3. The van der Waals surface area contributed by atoms with Crippen LogP contribution in [0.5, 0.6) is 0 Å². The van der Waals surface area contributed by atoms with Crippen LogP contribution in [0.2, 0.25) is 0 Å². The van der Waals surface area contributed by atoms with Gasteiger partial charge >= 0.3 is 0 Å². The third-order valence-electron chi connectivity index (χ3n) is 4.80. The van der Waals surface area contributed by atoms with Gasteiger partial charge in [0, 0.05) is 23.6 Å². The molecule has 4 aromatic rings. The zero-order valence-electron chi connectivity index (χ0n) is 15.8. The van der Waals surface area contributed by atoms with Crippen molar-refractivity contribution in [3.63, 3.8) is 0 Å². The summed E-state index contributed by atoms with van der Waals surface area (Å²) in [4.78, 5) is 4.37. The standard InChI is InChI=1S/C23H18N6/c1-15-10-21-18(6-3-9-27-21)12-19(15)13-23(26)29-22(25)8-7-20(28-29)17-5-2-4-16(11-17)14-24/h2-12,25-26H,13H2,1H3. The molecule has 0 atom stereocenters. The molecule has 2 heterocycles. The molecule has 0 aliphatic rings. The Morgan fingerprint density at radius 3 is 2.79 bits per heavy atom. The normalized spacial score (nSPS) is 10.6. The number of aryl methyl sites for hydroxylation is 1. The van der Waals surface area contributed by atoms with Crippen LogP contribution in [-0.2, 0) is 6.42 Å². The number of aromatic nitrogens is 3. The largest absolute Gasteiger partial charge is 0.286 e. The highest BCUT2D eigenvalue weighted by Gasteiger charge is 2.10. The van der Waals surface area contributed by atoms with E-state index in [2.05, 4.69) is 16.2 Å². The van der Waals surface area contributed by atoms with Crippen LogP contribution in [-0.4, -0.2) is 20.6 Å². The van der Waals surface area contributed by atoms with E-state index >= 15 is 0 Å². The molecule has 2 aromatic heterocycles. The van der Waals surface area contributed by atoms with E-state index in [1.54, 1.807) is 36.5 Å². The van der Waals surface area contributed by atoms with Crippen LogP contribution in [0, 0.1) is 29.1 Å². The topological polar surface area (TPSA) is 102 Å². The molecule has 29 heavy (non-hydrogen) atoms. The SMILES string of the molecule is Cc1cc2ncccc2cc1CC(=N)n1nc(-c2cccc(C#N)c2)ccc1=N. The van der Waals surface area contributed by atoms with E-state index in [0.29, 0.717) is 17.7 Å². The molecule has 0 saturated carbocycles. The average Bonchev–Trinajstić information content (AvgIpc) is 2.74. The zero-order chi connectivity index (χ0) is 20.4. The van der Waals surface area contributed by atoms with Gasteiger partial charge in [-0.3, -0.25) is 15.8 Å². The van der Waals surface area contributed by atoms with Gasteiger partial charge in [-0.25, -0.2) is 4.68 Å². The van der Waals surface area contributed by atoms with Gasteiger partial charge in [-0.1, -0.05) is 18.2 Å². The minimum atomic E-state index is 0.135. The maximum Gasteiger partial charge on any atom is 0.148 e. The molecule has 2 aromatic carbocycles. The summed E-state index contributed by atoms with van der Waals surface area (Å²) in [6, 6.07) is 20.6. The second-order valence-electron chi connectivity index (χ2n) is 6.81. The van der Waals surface area contributed by atoms with Gasteiger partial charge in [-0.15, -0.1) is 0 Å². The molecule has 0 aliphatic heterocycles. The van der Waals surface area contributed by atoms with Crippen molar-refractivity contribution >= 4 is 16.7 Å². The number of rotatable bonds is 3. The fraction of sp³-hybridized carbons (Fsp3) is 0.0870. The van der Waals surface area contributed by atoms with Crippen molar-refractivity contribution in [1.29, 1.82) is 16.1 Å². The number of nitrogens with zero attached hydrogens (tertiary/aromatic N) is 4. The lowest BCUT2D eigenvalue weighted by atomic mass is 10.0. The molecule has 6 nitrogen and oxygen atoms in total. The minimum absolute atomic E-state index is 0.135. The lowest BCUT2D eigenvalue weighted by Gasteiger charge is -2.12. The van der Waals surface area contributed by atoms with Gasteiger partial charge < -0.3 is 0 Å². The van der Waals surface area contributed by atoms with Gasteiger partial charge in [0.25, 0.3) is 0 Å². The van der Waals surface area contributed by atoms with E-state index in [-0.39, 0.29) is 11.3 Å². The first-order valence-corrected chi connectivity index (χ1v) is 9.13. The van der Waals surface area contributed by atoms with Crippen molar-refractivity contribution in [2.45, 2.75) is 13.3 Å². The van der Waals surface area contributed by atoms with E-state index in [9.17, 15) is 0 Å². The Labute approximate surface area is 167 Å². The molecule has 6 heteroatoms. The molecule has 0 fully saturated rings. The zero-order valence-corrected chi connectivity index (χ0v) is 15.8. The summed E-state index contributed by atoms with van der Waals surface area (Å²) >= 11 is 0. The van der Waals surface area contributed by atoms with Gasteiger partial charge in [0.2, 0.25) is 0 Å². The fourth-order valence-corrected chi connectivity index (χ4v) is 3.25. The maximum atomic E-state index is 9.12. The molecule has 2 N–H and O–H groups in total. The van der Waals surface area contributed by atoms with Gasteiger partial charge in [-0.2, -0.15) is 10.4 Å². The second-order valence-corrected chi connectivity index (χ2v) is 6.81. The lowest BCUT2D eigenvalue weighted by molar-refractivity contribution is 0.799. The summed E-state index contributed by atoms with van der Waals surface area (Å²) in [5.41, 5.74) is 5.04. The van der Waals surface area contributed by atoms with E-state index in [4.69, 9.17) is 16.1 Å². The van der Waals surface area contributed by atoms with E-state index in [1.807, 2.05) is 37.3 Å². The number of benzene rings is 2. The van der Waals surface area contributed by atoms with Gasteiger partial charge in [0.05, 0.1) is 22.8 Å². The Morgan fingerprint density at radius 1 is 1.10 bits per heavy atom. The number of pyridine rings is 1. The average molecular weight is 378 g/mol. The lowest BCUT2D eigenvalue weighted by Crippen LogP contribution is -2.30. The van der Waals surface area contributed by atoms with Crippen molar-refractivity contribution in [3.8, 4) is 17.3 Å². The summed E-state index contributed by atoms with van der Waals surface area (Å²) in [5, 5.41) is 31.4. The molecule has 0 spiro atoms. The van der Waals surface area contributed by atoms with Gasteiger partial charge in [0.1, 0.15) is 11.3 Å². The van der Waals surface area contributed by atoms with Gasteiger partial charge in [0.15, 0.2) is 0 Å². The van der Waals surface area contributed by atoms with E-state index in [1.165, 1.54) is 4.68 Å². The number of nitrogens with one attached hydrogen (secondary N) is 2. The van der Waals surface area contributed by atoms with Crippen molar-refractivity contribution in [2.24, 2.45) is 0 Å². The van der Waals surface area contributed by atoms with E-state index in [0.717, 1.165) is 27.6 Å². The van der Waals surface area contributed by atoms with Crippen LogP contribution in [0.25, 0.3) is 22.2 Å². The first-order valence-electron chi connectivity index (χ1n) is 9.13. The van der Waals surface area contributed by atoms with Crippen molar-refractivity contribution < 1.29 is 0 Å². The Balaban J connectivity index is 1.70. The fourth-order valence-electron chi connectivity index (χ4n) is 3.25.